The Morgan fingerprint density at radius 1 is 1.44 bits per heavy atom. The number of methoxy groups -OCH3 is 1. The molecule has 0 aliphatic heterocycles. The third-order valence-electron chi connectivity index (χ3n) is 2.22. The Labute approximate surface area is 111 Å². The predicted octanol–water partition coefficient (Wildman–Crippen LogP) is 1.92. The minimum Gasteiger partial charge on any atom is -0.493 e. The first-order valence-electron chi connectivity index (χ1n) is 5.50. The van der Waals surface area contributed by atoms with Crippen molar-refractivity contribution in [2.24, 2.45) is 0 Å². The molecule has 100 valence electrons. The molecule has 0 fully saturated rings. The fraction of sp³-hybridized carbons (Fsp3) is 0.417. The number of nitrogens with one attached hydrogen (secondary N) is 1. The van der Waals surface area contributed by atoms with Crippen molar-refractivity contribution in [3.63, 3.8) is 0 Å². The van der Waals surface area contributed by atoms with Crippen LogP contribution in [0.25, 0.3) is 0 Å². The normalized spacial score (nSPS) is 10.2. The summed E-state index contributed by atoms with van der Waals surface area (Å²) in [7, 11) is 1.54. The summed E-state index contributed by atoms with van der Waals surface area (Å²) in [6, 6.07) is 3.41. The number of halogens is 1. The molecule has 0 aliphatic carbocycles. The molecule has 0 bridgehead atoms. The predicted molar refractivity (Wildman–Crippen MR) is 68.5 cm³/mol. The van der Waals surface area contributed by atoms with Crippen LogP contribution in [0.5, 0.6) is 11.5 Å². The highest BCUT2D eigenvalue weighted by molar-refractivity contribution is 6.31. The van der Waals surface area contributed by atoms with E-state index in [4.69, 9.17) is 26.2 Å². The number of aliphatic carboxylic acids is 1. The van der Waals surface area contributed by atoms with E-state index >= 15 is 0 Å². The zero-order chi connectivity index (χ0) is 13.5. The molecule has 1 rings (SSSR count). The molecule has 2 N–H and O–H groups in total. The number of hydrogen-bond acceptors (Lipinski definition) is 4. The molecule has 18 heavy (non-hydrogen) atoms. The number of carboxylic acids is 1. The smallest absolute Gasteiger partial charge is 0.317 e. The van der Waals surface area contributed by atoms with Crippen LogP contribution in [-0.4, -0.2) is 31.3 Å². The second-order valence-corrected chi connectivity index (χ2v) is 3.93. The second-order valence-electron chi connectivity index (χ2n) is 3.52. The first-order chi connectivity index (χ1) is 8.58. The van der Waals surface area contributed by atoms with Gasteiger partial charge in [-0.1, -0.05) is 11.6 Å². The first kappa shape index (κ1) is 14.6. The Morgan fingerprint density at radius 3 is 2.72 bits per heavy atom. The van der Waals surface area contributed by atoms with Gasteiger partial charge in [0.25, 0.3) is 0 Å². The molecular formula is C12H16ClNO4. The maximum absolute atomic E-state index is 10.4. The van der Waals surface area contributed by atoms with Crippen LogP contribution in [0.2, 0.25) is 5.02 Å². The maximum Gasteiger partial charge on any atom is 0.317 e. The number of carbonyl (C=O) groups is 1. The molecule has 0 heterocycles. The summed E-state index contributed by atoms with van der Waals surface area (Å²) in [5, 5.41) is 11.8. The summed E-state index contributed by atoms with van der Waals surface area (Å²) in [5.74, 6) is 0.240. The minimum atomic E-state index is -0.913. The van der Waals surface area contributed by atoms with Gasteiger partial charge in [0, 0.05) is 17.6 Å². The lowest BCUT2D eigenvalue weighted by Crippen LogP contribution is -2.22. The van der Waals surface area contributed by atoms with Gasteiger partial charge in [-0.05, 0) is 18.6 Å². The highest BCUT2D eigenvalue weighted by Crippen LogP contribution is 2.33. The van der Waals surface area contributed by atoms with Crippen molar-refractivity contribution in [1.82, 2.24) is 5.32 Å². The van der Waals surface area contributed by atoms with Crippen LogP contribution < -0.4 is 14.8 Å². The molecule has 0 spiro atoms. The molecule has 1 aromatic rings. The van der Waals surface area contributed by atoms with Crippen molar-refractivity contribution < 1.29 is 19.4 Å². The molecule has 0 saturated carbocycles. The molecule has 0 saturated heterocycles. The van der Waals surface area contributed by atoms with Gasteiger partial charge < -0.3 is 19.9 Å². The quantitative estimate of drug-likeness (QED) is 0.794. The van der Waals surface area contributed by atoms with E-state index in [1.165, 1.54) is 0 Å². The fourth-order valence-corrected chi connectivity index (χ4v) is 1.67. The first-order valence-corrected chi connectivity index (χ1v) is 5.88. The lowest BCUT2D eigenvalue weighted by Gasteiger charge is -2.13. The van der Waals surface area contributed by atoms with Crippen LogP contribution in [0.1, 0.15) is 12.5 Å². The molecule has 0 atom stereocenters. The van der Waals surface area contributed by atoms with E-state index in [0.717, 1.165) is 5.56 Å². The van der Waals surface area contributed by atoms with E-state index in [2.05, 4.69) is 5.32 Å². The van der Waals surface area contributed by atoms with Crippen molar-refractivity contribution in [2.75, 3.05) is 20.3 Å². The lowest BCUT2D eigenvalue weighted by molar-refractivity contribution is -0.135. The average molecular weight is 274 g/mol. The molecule has 0 aromatic heterocycles. The van der Waals surface area contributed by atoms with Crippen LogP contribution in [-0.2, 0) is 11.3 Å². The average Bonchev–Trinajstić information content (AvgIpc) is 2.32. The van der Waals surface area contributed by atoms with Gasteiger partial charge in [0.15, 0.2) is 11.5 Å². The van der Waals surface area contributed by atoms with Crippen molar-refractivity contribution in [3.05, 3.63) is 22.7 Å². The number of carboxylic acid groups (broad SMARTS) is 1. The van der Waals surface area contributed by atoms with Gasteiger partial charge >= 0.3 is 5.97 Å². The second kappa shape index (κ2) is 7.08. The largest absolute Gasteiger partial charge is 0.493 e. The van der Waals surface area contributed by atoms with Gasteiger partial charge in [-0.3, -0.25) is 4.79 Å². The zero-order valence-electron chi connectivity index (χ0n) is 10.3. The summed E-state index contributed by atoms with van der Waals surface area (Å²) in [5.41, 5.74) is 0.762. The van der Waals surface area contributed by atoms with E-state index in [9.17, 15) is 4.79 Å². The van der Waals surface area contributed by atoms with E-state index in [1.54, 1.807) is 19.2 Å². The number of ether oxygens (including phenoxy) is 2. The fourth-order valence-electron chi connectivity index (χ4n) is 1.44. The third-order valence-corrected chi connectivity index (χ3v) is 2.58. The Kier molecular flexibility index (Phi) is 5.74. The third kappa shape index (κ3) is 4.09. The summed E-state index contributed by atoms with van der Waals surface area (Å²) in [6.45, 7) is 2.62. The van der Waals surface area contributed by atoms with Crippen LogP contribution in [0.3, 0.4) is 0 Å². The van der Waals surface area contributed by atoms with Crippen molar-refractivity contribution in [2.45, 2.75) is 13.5 Å². The summed E-state index contributed by atoms with van der Waals surface area (Å²) >= 11 is 6.09. The monoisotopic (exact) mass is 273 g/mol. The van der Waals surface area contributed by atoms with Gasteiger partial charge in [-0.2, -0.15) is 0 Å². The van der Waals surface area contributed by atoms with Crippen LogP contribution >= 0.6 is 11.6 Å². The molecule has 0 aliphatic rings. The molecule has 0 radical (unpaired) electrons. The Hall–Kier alpha value is -1.46. The summed E-state index contributed by atoms with van der Waals surface area (Å²) in [4.78, 5) is 10.4. The van der Waals surface area contributed by atoms with Gasteiger partial charge in [-0.25, -0.2) is 0 Å². The Morgan fingerprint density at radius 2 is 2.17 bits per heavy atom. The molecule has 1 aromatic carbocycles. The van der Waals surface area contributed by atoms with Gasteiger partial charge in [0.1, 0.15) is 0 Å². The molecule has 6 heteroatoms. The van der Waals surface area contributed by atoms with E-state index in [-0.39, 0.29) is 6.54 Å². The van der Waals surface area contributed by atoms with Crippen molar-refractivity contribution in [1.29, 1.82) is 0 Å². The van der Waals surface area contributed by atoms with Gasteiger partial charge in [0.2, 0.25) is 0 Å². The highest BCUT2D eigenvalue weighted by atomic mass is 35.5. The number of hydrogen-bond donors (Lipinski definition) is 2. The number of rotatable bonds is 7. The maximum atomic E-state index is 10.4. The molecule has 0 unspecified atom stereocenters. The van der Waals surface area contributed by atoms with Crippen LogP contribution in [0.15, 0.2) is 12.1 Å². The van der Waals surface area contributed by atoms with Crippen LogP contribution in [0, 0.1) is 0 Å². The Bertz CT molecular complexity index is 423. The standard InChI is InChI=1S/C12H16ClNO4/c1-3-18-11-5-9(13)8(4-10(11)17-2)6-14-7-12(15)16/h4-5,14H,3,6-7H2,1-2H3,(H,15,16). The summed E-state index contributed by atoms with van der Waals surface area (Å²) < 4.78 is 10.6. The zero-order valence-corrected chi connectivity index (χ0v) is 11.1. The molecule has 0 amide bonds. The van der Waals surface area contributed by atoms with Gasteiger partial charge in [-0.15, -0.1) is 0 Å². The highest BCUT2D eigenvalue weighted by Gasteiger charge is 2.10. The van der Waals surface area contributed by atoms with Crippen molar-refractivity contribution in [3.8, 4) is 11.5 Å². The van der Waals surface area contributed by atoms with Gasteiger partial charge in [0.05, 0.1) is 20.3 Å². The molecular weight excluding hydrogens is 258 g/mol. The Balaban J connectivity index is 2.82. The topological polar surface area (TPSA) is 67.8 Å². The molecule has 5 nitrogen and oxygen atoms in total. The number of benzene rings is 1. The van der Waals surface area contributed by atoms with Crippen molar-refractivity contribution >= 4 is 17.6 Å². The van der Waals surface area contributed by atoms with E-state index in [1.807, 2.05) is 6.92 Å². The minimum absolute atomic E-state index is 0.119. The summed E-state index contributed by atoms with van der Waals surface area (Å²) in [6.07, 6.45) is 0. The SMILES string of the molecule is CCOc1cc(Cl)c(CNCC(=O)O)cc1OC. The lowest BCUT2D eigenvalue weighted by atomic mass is 10.2. The van der Waals surface area contributed by atoms with Crippen LogP contribution in [0.4, 0.5) is 0 Å². The van der Waals surface area contributed by atoms with E-state index in [0.29, 0.717) is 29.7 Å². The van der Waals surface area contributed by atoms with E-state index < -0.39 is 5.97 Å².